The lowest BCUT2D eigenvalue weighted by molar-refractivity contribution is -0.152. The van der Waals surface area contributed by atoms with Gasteiger partial charge >= 0.3 is 11.9 Å². The van der Waals surface area contributed by atoms with Crippen LogP contribution in [0.4, 0.5) is 0 Å². The summed E-state index contributed by atoms with van der Waals surface area (Å²) in [5, 5.41) is 9.99. The van der Waals surface area contributed by atoms with Crippen LogP contribution in [0.3, 0.4) is 0 Å². The molecule has 1 atom stereocenters. The summed E-state index contributed by atoms with van der Waals surface area (Å²) >= 11 is 0. The number of aliphatic hydroxyl groups is 1. The van der Waals surface area contributed by atoms with Gasteiger partial charge in [0, 0.05) is 19.3 Å². The van der Waals surface area contributed by atoms with Crippen LogP contribution >= 0.6 is 0 Å². The zero-order valence-corrected chi connectivity index (χ0v) is 29.4. The second-order valence-electron chi connectivity index (χ2n) is 12.7. The van der Waals surface area contributed by atoms with Crippen molar-refractivity contribution in [2.24, 2.45) is 0 Å². The van der Waals surface area contributed by atoms with Crippen molar-refractivity contribution < 1.29 is 29.0 Å². The molecule has 0 aliphatic rings. The van der Waals surface area contributed by atoms with E-state index in [-0.39, 0.29) is 30.9 Å². The van der Waals surface area contributed by atoms with Crippen LogP contribution in [-0.4, -0.2) is 42.1 Å². The topological polar surface area (TPSA) is 89.9 Å². The van der Waals surface area contributed by atoms with Gasteiger partial charge in [-0.3, -0.25) is 14.4 Å². The van der Waals surface area contributed by atoms with Crippen molar-refractivity contribution in [3.63, 3.8) is 0 Å². The Morgan fingerprint density at radius 1 is 0.511 bits per heavy atom. The average molecular weight is 635 g/mol. The number of carbonyl (C=O) groups excluding carboxylic acids is 3. The van der Waals surface area contributed by atoms with Crippen LogP contribution in [0, 0.1) is 0 Å². The summed E-state index contributed by atoms with van der Waals surface area (Å²) in [6.45, 7) is 4.12. The molecule has 6 nitrogen and oxygen atoms in total. The van der Waals surface area contributed by atoms with E-state index in [4.69, 9.17) is 9.47 Å². The van der Waals surface area contributed by atoms with E-state index in [1.54, 1.807) is 6.08 Å². The highest BCUT2D eigenvalue weighted by molar-refractivity contribution is 5.89. The normalized spacial score (nSPS) is 12.2. The Morgan fingerprint density at radius 3 is 1.36 bits per heavy atom. The smallest absolute Gasteiger partial charge is 0.305 e. The molecule has 0 aromatic rings. The van der Waals surface area contributed by atoms with E-state index in [1.165, 1.54) is 77.0 Å². The molecule has 0 aliphatic carbocycles. The zero-order chi connectivity index (χ0) is 33.1. The van der Waals surface area contributed by atoms with Crippen molar-refractivity contribution in [3.8, 4) is 0 Å². The molecule has 0 aromatic carbocycles. The first-order valence-electron chi connectivity index (χ1n) is 18.8. The van der Waals surface area contributed by atoms with Gasteiger partial charge in [-0.2, -0.15) is 0 Å². The predicted octanol–water partition coefficient (Wildman–Crippen LogP) is 10.7. The molecule has 1 N–H and O–H groups in total. The van der Waals surface area contributed by atoms with Crippen LogP contribution in [0.2, 0.25) is 0 Å². The van der Waals surface area contributed by atoms with Crippen LogP contribution in [0.25, 0.3) is 0 Å². The standard InChI is InChI=1S/C39H70O6/c1-3-5-7-8-9-10-11-12-13-14-15-18-21-24-28-32-38(42)44-34-37(41)35-45-39(43)33-29-25-22-19-16-17-20-23-27-31-36(40)30-26-6-4-2/h20,23,27,31,37,41H,3-19,21-22,24-26,28-30,32-35H2,1-2H3/b23-20-,31-27+/t37-/m1/s1. The lowest BCUT2D eigenvalue weighted by Gasteiger charge is -2.12. The lowest BCUT2D eigenvalue weighted by atomic mass is 10.0. The zero-order valence-electron chi connectivity index (χ0n) is 29.4. The SMILES string of the molecule is CCCCCCCCCCCCCCCCCC(=O)OC[C@@H](O)COC(=O)CCCCCCC/C=C\C=C\C(=O)CCCCC. The number of allylic oxidation sites excluding steroid dienone is 4. The summed E-state index contributed by atoms with van der Waals surface area (Å²) in [5.74, 6) is -0.419. The summed E-state index contributed by atoms with van der Waals surface area (Å²) in [5.41, 5.74) is 0. The molecule has 45 heavy (non-hydrogen) atoms. The summed E-state index contributed by atoms with van der Waals surface area (Å²) in [6, 6.07) is 0. The van der Waals surface area contributed by atoms with Crippen LogP contribution < -0.4 is 0 Å². The number of hydrogen-bond acceptors (Lipinski definition) is 6. The maximum absolute atomic E-state index is 11.9. The Labute approximate surface area is 277 Å². The van der Waals surface area contributed by atoms with Gasteiger partial charge in [-0.15, -0.1) is 0 Å². The van der Waals surface area contributed by atoms with E-state index >= 15 is 0 Å². The van der Waals surface area contributed by atoms with E-state index in [9.17, 15) is 19.5 Å². The Bertz CT molecular complexity index is 744. The van der Waals surface area contributed by atoms with Crippen molar-refractivity contribution in [2.45, 2.75) is 193 Å². The second-order valence-corrected chi connectivity index (χ2v) is 12.7. The van der Waals surface area contributed by atoms with Gasteiger partial charge in [-0.05, 0) is 38.2 Å². The summed E-state index contributed by atoms with van der Waals surface area (Å²) < 4.78 is 10.3. The van der Waals surface area contributed by atoms with E-state index in [2.05, 4.69) is 19.9 Å². The third kappa shape index (κ3) is 34.8. The first-order chi connectivity index (χ1) is 22.0. The molecule has 0 saturated heterocycles. The molecular weight excluding hydrogens is 564 g/mol. The third-order valence-corrected chi connectivity index (χ3v) is 8.17. The number of aliphatic hydroxyl groups excluding tert-OH is 1. The quantitative estimate of drug-likeness (QED) is 0.0328. The van der Waals surface area contributed by atoms with Crippen molar-refractivity contribution in [2.75, 3.05) is 13.2 Å². The Morgan fingerprint density at radius 2 is 0.889 bits per heavy atom. The number of rotatable bonds is 34. The second kappa shape index (κ2) is 34.9. The third-order valence-electron chi connectivity index (χ3n) is 8.17. The van der Waals surface area contributed by atoms with Crippen LogP contribution in [0.1, 0.15) is 187 Å². The predicted molar refractivity (Wildman–Crippen MR) is 187 cm³/mol. The fourth-order valence-electron chi connectivity index (χ4n) is 5.24. The van der Waals surface area contributed by atoms with Gasteiger partial charge in [0.05, 0.1) is 0 Å². The molecule has 0 saturated carbocycles. The number of carbonyl (C=O) groups is 3. The molecule has 0 fully saturated rings. The molecule has 0 aromatic heterocycles. The highest BCUT2D eigenvalue weighted by Crippen LogP contribution is 2.14. The molecule has 262 valence electrons. The molecular formula is C39H70O6. The Hall–Kier alpha value is -1.95. The largest absolute Gasteiger partial charge is 0.463 e. The molecule has 0 amide bonds. The van der Waals surface area contributed by atoms with Gasteiger partial charge in [0.25, 0.3) is 0 Å². The first-order valence-corrected chi connectivity index (χ1v) is 18.8. The molecule has 0 unspecified atom stereocenters. The van der Waals surface area contributed by atoms with Crippen molar-refractivity contribution in [1.29, 1.82) is 0 Å². The summed E-state index contributed by atoms with van der Waals surface area (Å²) in [4.78, 5) is 35.5. The van der Waals surface area contributed by atoms with Gasteiger partial charge in [-0.25, -0.2) is 0 Å². The molecule has 0 heterocycles. The lowest BCUT2D eigenvalue weighted by Crippen LogP contribution is -2.25. The van der Waals surface area contributed by atoms with E-state index in [0.717, 1.165) is 77.0 Å². The van der Waals surface area contributed by atoms with E-state index < -0.39 is 6.10 Å². The van der Waals surface area contributed by atoms with Crippen LogP contribution in [-0.2, 0) is 23.9 Å². The van der Waals surface area contributed by atoms with Gasteiger partial charge in [0.2, 0.25) is 0 Å². The Kier molecular flexibility index (Phi) is 33.4. The van der Waals surface area contributed by atoms with Crippen LogP contribution in [0.5, 0.6) is 0 Å². The Balaban J connectivity index is 3.49. The minimum atomic E-state index is -0.985. The van der Waals surface area contributed by atoms with Crippen molar-refractivity contribution in [1.82, 2.24) is 0 Å². The van der Waals surface area contributed by atoms with Crippen molar-refractivity contribution in [3.05, 3.63) is 24.3 Å². The van der Waals surface area contributed by atoms with Gasteiger partial charge in [-0.1, -0.05) is 154 Å². The number of ketones is 1. The number of hydrogen-bond donors (Lipinski definition) is 1. The minimum absolute atomic E-state index is 0.135. The number of unbranched alkanes of at least 4 members (excludes halogenated alkanes) is 21. The summed E-state index contributed by atoms with van der Waals surface area (Å²) in [7, 11) is 0. The number of ether oxygens (including phenoxy) is 2. The molecule has 0 bridgehead atoms. The van der Waals surface area contributed by atoms with Gasteiger partial charge in [0.1, 0.15) is 19.3 Å². The molecule has 0 aliphatic heterocycles. The monoisotopic (exact) mass is 635 g/mol. The first kappa shape index (κ1) is 43.0. The van der Waals surface area contributed by atoms with E-state index in [0.29, 0.717) is 19.3 Å². The highest BCUT2D eigenvalue weighted by atomic mass is 16.6. The fraction of sp³-hybridized carbons (Fsp3) is 0.821. The molecule has 6 heteroatoms. The van der Waals surface area contributed by atoms with Crippen LogP contribution in [0.15, 0.2) is 24.3 Å². The molecule has 0 spiro atoms. The number of esters is 2. The highest BCUT2D eigenvalue weighted by Gasteiger charge is 2.12. The molecule has 0 radical (unpaired) electrons. The van der Waals surface area contributed by atoms with E-state index in [1.807, 2.05) is 12.2 Å². The maximum Gasteiger partial charge on any atom is 0.305 e. The van der Waals surface area contributed by atoms with Gasteiger partial charge in [0.15, 0.2) is 5.78 Å². The molecule has 0 rings (SSSR count). The fourth-order valence-corrected chi connectivity index (χ4v) is 5.24. The van der Waals surface area contributed by atoms with Crippen molar-refractivity contribution >= 4 is 17.7 Å². The summed E-state index contributed by atoms with van der Waals surface area (Å²) in [6.07, 6.45) is 36.3. The minimum Gasteiger partial charge on any atom is -0.463 e. The maximum atomic E-state index is 11.9. The average Bonchev–Trinajstić information content (AvgIpc) is 3.03. The van der Waals surface area contributed by atoms with Gasteiger partial charge < -0.3 is 14.6 Å².